The second kappa shape index (κ2) is 4.44. The first-order valence-corrected chi connectivity index (χ1v) is 5.28. The van der Waals surface area contributed by atoms with Crippen LogP contribution in [0.3, 0.4) is 0 Å². The topological polar surface area (TPSA) is 61.0 Å². The van der Waals surface area contributed by atoms with Gasteiger partial charge in [0.25, 0.3) is 5.56 Å². The van der Waals surface area contributed by atoms with E-state index >= 15 is 0 Å². The number of H-pyrrole nitrogens is 1. The SMILES string of the molecule is CNCC1CCCN1c1ncc[nH]c1=O. The Kier molecular flexibility index (Phi) is 3.01. The van der Waals surface area contributed by atoms with Crippen LogP contribution in [0.15, 0.2) is 17.2 Å². The third-order valence-corrected chi connectivity index (χ3v) is 2.78. The van der Waals surface area contributed by atoms with Gasteiger partial charge in [-0.15, -0.1) is 0 Å². The van der Waals surface area contributed by atoms with Crippen LogP contribution in [0.5, 0.6) is 0 Å². The molecule has 0 saturated carbocycles. The van der Waals surface area contributed by atoms with Gasteiger partial charge in [0, 0.05) is 31.5 Å². The van der Waals surface area contributed by atoms with Crippen molar-refractivity contribution in [3.8, 4) is 0 Å². The average molecular weight is 208 g/mol. The van der Waals surface area contributed by atoms with Crippen LogP contribution in [0.4, 0.5) is 5.82 Å². The Morgan fingerprint density at radius 2 is 2.60 bits per heavy atom. The summed E-state index contributed by atoms with van der Waals surface area (Å²) in [5.74, 6) is 0.551. The molecule has 1 atom stereocenters. The van der Waals surface area contributed by atoms with Crippen molar-refractivity contribution in [3.05, 3.63) is 22.7 Å². The van der Waals surface area contributed by atoms with E-state index in [0.717, 1.165) is 25.9 Å². The van der Waals surface area contributed by atoms with Gasteiger partial charge in [-0.2, -0.15) is 0 Å². The van der Waals surface area contributed by atoms with E-state index in [1.165, 1.54) is 0 Å². The molecule has 1 fully saturated rings. The Bertz CT molecular complexity index is 376. The number of hydrogen-bond donors (Lipinski definition) is 2. The van der Waals surface area contributed by atoms with E-state index in [4.69, 9.17) is 0 Å². The zero-order valence-corrected chi connectivity index (χ0v) is 8.86. The van der Waals surface area contributed by atoms with Crippen molar-refractivity contribution < 1.29 is 0 Å². The lowest BCUT2D eigenvalue weighted by atomic mass is 10.2. The van der Waals surface area contributed by atoms with Gasteiger partial charge >= 0.3 is 0 Å². The van der Waals surface area contributed by atoms with Gasteiger partial charge in [0.2, 0.25) is 0 Å². The second-order valence-corrected chi connectivity index (χ2v) is 3.79. The molecule has 1 saturated heterocycles. The number of nitrogens with zero attached hydrogens (tertiary/aromatic N) is 2. The third kappa shape index (κ3) is 2.02. The first-order valence-electron chi connectivity index (χ1n) is 5.28. The van der Waals surface area contributed by atoms with Gasteiger partial charge in [-0.05, 0) is 19.9 Å². The van der Waals surface area contributed by atoms with E-state index < -0.39 is 0 Å². The maximum Gasteiger partial charge on any atom is 0.290 e. The normalized spacial score (nSPS) is 20.9. The summed E-state index contributed by atoms with van der Waals surface area (Å²) in [6, 6.07) is 0.394. The summed E-state index contributed by atoms with van der Waals surface area (Å²) in [7, 11) is 1.93. The van der Waals surface area contributed by atoms with Gasteiger partial charge in [0.1, 0.15) is 0 Å². The molecular weight excluding hydrogens is 192 g/mol. The van der Waals surface area contributed by atoms with Crippen molar-refractivity contribution in [2.75, 3.05) is 25.0 Å². The average Bonchev–Trinajstić information content (AvgIpc) is 2.67. The molecule has 2 N–H and O–H groups in total. The number of anilines is 1. The van der Waals surface area contributed by atoms with Crippen molar-refractivity contribution in [3.63, 3.8) is 0 Å². The summed E-state index contributed by atoms with van der Waals surface area (Å²) < 4.78 is 0. The highest BCUT2D eigenvalue weighted by Crippen LogP contribution is 2.19. The maximum atomic E-state index is 11.6. The summed E-state index contributed by atoms with van der Waals surface area (Å²) in [5.41, 5.74) is -0.0968. The summed E-state index contributed by atoms with van der Waals surface area (Å²) in [6.45, 7) is 1.82. The van der Waals surface area contributed by atoms with Gasteiger partial charge in [0.15, 0.2) is 5.82 Å². The van der Waals surface area contributed by atoms with Gasteiger partial charge < -0.3 is 15.2 Å². The molecule has 1 aromatic heterocycles. The molecule has 2 rings (SSSR count). The monoisotopic (exact) mass is 208 g/mol. The van der Waals surface area contributed by atoms with Crippen molar-refractivity contribution >= 4 is 5.82 Å². The number of nitrogens with one attached hydrogen (secondary N) is 2. The van der Waals surface area contributed by atoms with E-state index in [1.54, 1.807) is 12.4 Å². The van der Waals surface area contributed by atoms with Crippen molar-refractivity contribution in [1.82, 2.24) is 15.3 Å². The molecule has 0 radical (unpaired) electrons. The molecule has 82 valence electrons. The Labute approximate surface area is 88.5 Å². The molecule has 0 amide bonds. The standard InChI is InChI=1S/C10H16N4O/c1-11-7-8-3-2-6-14(8)9-10(15)13-5-4-12-9/h4-5,8,11H,2-3,6-7H2,1H3,(H,13,15). The Morgan fingerprint density at radius 1 is 1.73 bits per heavy atom. The van der Waals surface area contributed by atoms with E-state index in [9.17, 15) is 4.79 Å². The van der Waals surface area contributed by atoms with Crippen LogP contribution in [0.1, 0.15) is 12.8 Å². The molecule has 5 nitrogen and oxygen atoms in total. The lowest BCUT2D eigenvalue weighted by Gasteiger charge is -2.24. The molecule has 0 aliphatic carbocycles. The van der Waals surface area contributed by atoms with E-state index in [2.05, 4.69) is 20.2 Å². The lowest BCUT2D eigenvalue weighted by Crippen LogP contribution is -2.40. The predicted molar refractivity (Wildman–Crippen MR) is 59.2 cm³/mol. The molecule has 15 heavy (non-hydrogen) atoms. The maximum absolute atomic E-state index is 11.6. The van der Waals surface area contributed by atoms with E-state index in [1.807, 2.05) is 7.05 Å². The van der Waals surface area contributed by atoms with Crippen molar-refractivity contribution in [1.29, 1.82) is 0 Å². The molecule has 1 aromatic rings. The van der Waals surface area contributed by atoms with Crippen molar-refractivity contribution in [2.45, 2.75) is 18.9 Å². The van der Waals surface area contributed by atoms with Crippen LogP contribution < -0.4 is 15.8 Å². The van der Waals surface area contributed by atoms with Crippen LogP contribution in [0, 0.1) is 0 Å². The fraction of sp³-hybridized carbons (Fsp3) is 0.600. The zero-order valence-electron chi connectivity index (χ0n) is 8.86. The van der Waals surface area contributed by atoms with Crippen LogP contribution in [0.2, 0.25) is 0 Å². The Hall–Kier alpha value is -1.36. The number of hydrogen-bond acceptors (Lipinski definition) is 4. The highest BCUT2D eigenvalue weighted by molar-refractivity contribution is 5.38. The van der Waals surface area contributed by atoms with Gasteiger partial charge in [-0.25, -0.2) is 4.98 Å². The van der Waals surface area contributed by atoms with Crippen LogP contribution >= 0.6 is 0 Å². The fourth-order valence-corrected chi connectivity index (χ4v) is 2.11. The number of aromatic nitrogens is 2. The highest BCUT2D eigenvalue weighted by atomic mass is 16.1. The Morgan fingerprint density at radius 3 is 3.33 bits per heavy atom. The smallest absolute Gasteiger partial charge is 0.290 e. The second-order valence-electron chi connectivity index (χ2n) is 3.79. The molecule has 0 bridgehead atoms. The molecule has 1 aliphatic heterocycles. The molecule has 0 spiro atoms. The first kappa shape index (κ1) is 10.2. The summed E-state index contributed by atoms with van der Waals surface area (Å²) in [6.07, 6.45) is 5.44. The van der Waals surface area contributed by atoms with Gasteiger partial charge in [-0.1, -0.05) is 0 Å². The van der Waals surface area contributed by atoms with Crippen molar-refractivity contribution in [2.24, 2.45) is 0 Å². The summed E-state index contributed by atoms with van der Waals surface area (Å²) in [4.78, 5) is 20.5. The highest BCUT2D eigenvalue weighted by Gasteiger charge is 2.26. The molecule has 5 heteroatoms. The third-order valence-electron chi connectivity index (χ3n) is 2.78. The fourth-order valence-electron chi connectivity index (χ4n) is 2.11. The largest absolute Gasteiger partial charge is 0.348 e. The molecule has 1 aliphatic rings. The minimum Gasteiger partial charge on any atom is -0.348 e. The molecule has 0 aromatic carbocycles. The molecule has 2 heterocycles. The minimum absolute atomic E-state index is 0.0968. The zero-order chi connectivity index (χ0) is 10.7. The number of aromatic amines is 1. The number of likely N-dealkylation sites (N-methyl/N-ethyl adjacent to an activating group) is 1. The van der Waals surface area contributed by atoms with E-state index in [0.29, 0.717) is 11.9 Å². The van der Waals surface area contributed by atoms with E-state index in [-0.39, 0.29) is 5.56 Å². The lowest BCUT2D eigenvalue weighted by molar-refractivity contribution is 0.610. The first-order chi connectivity index (χ1) is 7.33. The summed E-state index contributed by atoms with van der Waals surface area (Å²) >= 11 is 0. The molecule has 1 unspecified atom stereocenters. The van der Waals surface area contributed by atoms with Crippen LogP contribution in [0.25, 0.3) is 0 Å². The van der Waals surface area contributed by atoms with Crippen LogP contribution in [-0.4, -0.2) is 36.1 Å². The van der Waals surface area contributed by atoms with Crippen LogP contribution in [-0.2, 0) is 0 Å². The summed E-state index contributed by atoms with van der Waals surface area (Å²) in [5, 5.41) is 3.15. The molecular formula is C10H16N4O. The van der Waals surface area contributed by atoms with Gasteiger partial charge in [0.05, 0.1) is 0 Å². The quantitative estimate of drug-likeness (QED) is 0.731. The van der Waals surface area contributed by atoms with Gasteiger partial charge in [-0.3, -0.25) is 4.79 Å². The predicted octanol–water partition coefficient (Wildman–Crippen LogP) is -0.0419. The Balaban J connectivity index is 2.23. The minimum atomic E-state index is -0.0968. The number of rotatable bonds is 3.